The first kappa shape index (κ1) is 12.6. The van der Waals surface area contributed by atoms with E-state index in [2.05, 4.69) is 15.4 Å². The molecule has 0 aliphatic rings. The van der Waals surface area contributed by atoms with Crippen LogP contribution >= 0.6 is 0 Å². The number of furan rings is 1. The molecule has 0 fully saturated rings. The summed E-state index contributed by atoms with van der Waals surface area (Å²) in [5, 5.41) is 8.41. The van der Waals surface area contributed by atoms with E-state index in [-0.39, 0.29) is 0 Å². The van der Waals surface area contributed by atoms with Crippen LogP contribution in [-0.2, 0) is 7.05 Å². The number of fused-ring (bicyclic) bond motifs is 1. The lowest BCUT2D eigenvalue weighted by molar-refractivity contribution is 0.634. The molecule has 0 bridgehead atoms. The van der Waals surface area contributed by atoms with Crippen LogP contribution < -0.4 is 5.32 Å². The minimum atomic E-state index is 0.683. The molecule has 108 valence electrons. The van der Waals surface area contributed by atoms with Crippen LogP contribution in [0.25, 0.3) is 22.1 Å². The molecule has 5 nitrogen and oxygen atoms in total. The molecule has 1 aromatic carbocycles. The van der Waals surface area contributed by atoms with Crippen LogP contribution in [0.2, 0.25) is 0 Å². The van der Waals surface area contributed by atoms with Crippen LogP contribution in [0, 0.1) is 0 Å². The van der Waals surface area contributed by atoms with Gasteiger partial charge in [-0.15, -0.1) is 0 Å². The fourth-order valence-electron chi connectivity index (χ4n) is 2.38. The second-order valence-corrected chi connectivity index (χ2v) is 5.11. The van der Waals surface area contributed by atoms with Gasteiger partial charge in [0.05, 0.1) is 6.20 Å². The van der Waals surface area contributed by atoms with Gasteiger partial charge in [-0.1, -0.05) is 18.2 Å². The lowest BCUT2D eigenvalue weighted by Gasteiger charge is -2.02. The number of pyridine rings is 1. The van der Waals surface area contributed by atoms with Crippen LogP contribution in [-0.4, -0.2) is 14.8 Å². The molecule has 4 rings (SSSR count). The van der Waals surface area contributed by atoms with Crippen LogP contribution in [0.15, 0.2) is 65.5 Å². The van der Waals surface area contributed by atoms with E-state index in [1.807, 2.05) is 68.1 Å². The molecule has 22 heavy (non-hydrogen) atoms. The monoisotopic (exact) mass is 290 g/mol. The zero-order valence-corrected chi connectivity index (χ0v) is 12.0. The predicted octanol–water partition coefficient (Wildman–Crippen LogP) is 3.97. The largest absolute Gasteiger partial charge is 0.440 e. The molecular formula is C17H14N4O. The third-order valence-electron chi connectivity index (χ3n) is 3.48. The van der Waals surface area contributed by atoms with Crippen molar-refractivity contribution in [3.8, 4) is 11.1 Å². The molecule has 0 saturated carbocycles. The molecule has 0 aliphatic heterocycles. The summed E-state index contributed by atoms with van der Waals surface area (Å²) in [4.78, 5) is 4.42. The Hall–Kier alpha value is -3.08. The summed E-state index contributed by atoms with van der Waals surface area (Å²) in [6.07, 6.45) is 5.61. The van der Waals surface area contributed by atoms with Gasteiger partial charge in [-0.3, -0.25) is 4.68 Å². The summed E-state index contributed by atoms with van der Waals surface area (Å²) in [7, 11) is 1.90. The van der Waals surface area contributed by atoms with Crippen molar-refractivity contribution in [2.24, 2.45) is 7.05 Å². The zero-order chi connectivity index (χ0) is 14.9. The molecule has 0 saturated heterocycles. The molecule has 0 unspecified atom stereocenters. The number of nitrogens with zero attached hydrogens (tertiary/aromatic N) is 3. The van der Waals surface area contributed by atoms with Crippen molar-refractivity contribution in [1.82, 2.24) is 14.8 Å². The van der Waals surface area contributed by atoms with Crippen molar-refractivity contribution in [2.75, 3.05) is 5.32 Å². The number of nitrogens with one attached hydrogen (secondary N) is 1. The highest BCUT2D eigenvalue weighted by molar-refractivity contribution is 5.81. The van der Waals surface area contributed by atoms with Gasteiger partial charge in [0.2, 0.25) is 0 Å². The fraction of sp³-hybridized carbons (Fsp3) is 0.0588. The van der Waals surface area contributed by atoms with Gasteiger partial charge in [0.15, 0.2) is 5.88 Å². The fourth-order valence-corrected chi connectivity index (χ4v) is 2.38. The van der Waals surface area contributed by atoms with Crippen molar-refractivity contribution in [2.45, 2.75) is 0 Å². The number of hydrogen-bond acceptors (Lipinski definition) is 4. The van der Waals surface area contributed by atoms with Gasteiger partial charge >= 0.3 is 0 Å². The highest BCUT2D eigenvalue weighted by Crippen LogP contribution is 2.25. The highest BCUT2D eigenvalue weighted by atomic mass is 16.3. The quantitative estimate of drug-likeness (QED) is 0.620. The zero-order valence-electron chi connectivity index (χ0n) is 12.0. The van der Waals surface area contributed by atoms with Gasteiger partial charge in [0.1, 0.15) is 11.4 Å². The minimum absolute atomic E-state index is 0.683. The minimum Gasteiger partial charge on any atom is -0.440 e. The maximum Gasteiger partial charge on any atom is 0.199 e. The number of anilines is 2. The van der Waals surface area contributed by atoms with Crippen molar-refractivity contribution >= 4 is 22.7 Å². The van der Waals surface area contributed by atoms with Gasteiger partial charge < -0.3 is 9.73 Å². The number of rotatable bonds is 3. The molecule has 0 radical (unpaired) electrons. The third-order valence-corrected chi connectivity index (χ3v) is 3.48. The first-order valence-corrected chi connectivity index (χ1v) is 6.99. The SMILES string of the molecule is Cn1cc(-c2ccc(Nc3cc4ccccc4o3)nc2)cn1. The average Bonchev–Trinajstić information content (AvgIpc) is 3.13. The van der Waals surface area contributed by atoms with E-state index in [0.717, 1.165) is 27.9 Å². The molecule has 0 amide bonds. The van der Waals surface area contributed by atoms with E-state index < -0.39 is 0 Å². The van der Waals surface area contributed by atoms with Crippen LogP contribution in [0.3, 0.4) is 0 Å². The highest BCUT2D eigenvalue weighted by Gasteiger charge is 2.05. The number of hydrogen-bond donors (Lipinski definition) is 1. The van der Waals surface area contributed by atoms with Gasteiger partial charge in [-0.25, -0.2) is 4.98 Å². The summed E-state index contributed by atoms with van der Waals surface area (Å²) in [5.41, 5.74) is 2.94. The van der Waals surface area contributed by atoms with Gasteiger partial charge in [0, 0.05) is 42.0 Å². The molecule has 0 atom stereocenters. The van der Waals surface area contributed by atoms with Crippen molar-refractivity contribution in [3.63, 3.8) is 0 Å². The van der Waals surface area contributed by atoms with Crippen molar-refractivity contribution < 1.29 is 4.42 Å². The van der Waals surface area contributed by atoms with Crippen LogP contribution in [0.1, 0.15) is 0 Å². The summed E-state index contributed by atoms with van der Waals surface area (Å²) < 4.78 is 7.50. The Bertz CT molecular complexity index is 888. The maximum absolute atomic E-state index is 5.73. The molecule has 4 aromatic rings. The topological polar surface area (TPSA) is 55.9 Å². The molecule has 3 aromatic heterocycles. The third kappa shape index (κ3) is 2.33. The molecule has 3 heterocycles. The van der Waals surface area contributed by atoms with Crippen molar-refractivity contribution in [1.29, 1.82) is 0 Å². The van der Waals surface area contributed by atoms with E-state index in [9.17, 15) is 0 Å². The van der Waals surface area contributed by atoms with Crippen LogP contribution in [0.5, 0.6) is 0 Å². The smallest absolute Gasteiger partial charge is 0.199 e. The molecule has 1 N–H and O–H groups in total. The average molecular weight is 290 g/mol. The van der Waals surface area contributed by atoms with E-state index >= 15 is 0 Å². The van der Waals surface area contributed by atoms with E-state index in [4.69, 9.17) is 4.42 Å². The molecule has 0 aliphatic carbocycles. The number of aryl methyl sites for hydroxylation is 1. The Morgan fingerprint density at radius 2 is 1.95 bits per heavy atom. The number of benzene rings is 1. The van der Waals surface area contributed by atoms with E-state index in [0.29, 0.717) is 5.88 Å². The standard InChI is InChI=1S/C17H14N4O/c1-21-11-14(10-19-21)13-6-7-16(18-9-13)20-17-8-12-4-2-3-5-15(12)22-17/h2-11H,1H3,(H,18,20). The maximum atomic E-state index is 5.73. The summed E-state index contributed by atoms with van der Waals surface area (Å²) in [5.74, 6) is 1.43. The summed E-state index contributed by atoms with van der Waals surface area (Å²) in [6, 6.07) is 13.8. The predicted molar refractivity (Wildman–Crippen MR) is 85.9 cm³/mol. The van der Waals surface area contributed by atoms with Gasteiger partial charge in [-0.2, -0.15) is 5.10 Å². The Kier molecular flexibility index (Phi) is 2.89. The Balaban J connectivity index is 1.58. The Morgan fingerprint density at radius 3 is 2.68 bits per heavy atom. The van der Waals surface area contributed by atoms with Gasteiger partial charge in [0.25, 0.3) is 0 Å². The first-order chi connectivity index (χ1) is 10.8. The second-order valence-electron chi connectivity index (χ2n) is 5.11. The van der Waals surface area contributed by atoms with Gasteiger partial charge in [-0.05, 0) is 18.2 Å². The Morgan fingerprint density at radius 1 is 1.05 bits per heavy atom. The number of para-hydroxylation sites is 1. The molecule has 5 heteroatoms. The lowest BCUT2D eigenvalue weighted by atomic mass is 10.2. The Labute approximate surface area is 127 Å². The van der Waals surface area contributed by atoms with E-state index in [1.54, 1.807) is 4.68 Å². The second kappa shape index (κ2) is 5.04. The van der Waals surface area contributed by atoms with E-state index in [1.165, 1.54) is 0 Å². The van der Waals surface area contributed by atoms with Crippen LogP contribution in [0.4, 0.5) is 11.7 Å². The molecular weight excluding hydrogens is 276 g/mol. The lowest BCUT2D eigenvalue weighted by Crippen LogP contribution is -1.91. The van der Waals surface area contributed by atoms with Crippen molar-refractivity contribution in [3.05, 3.63) is 61.1 Å². The number of aromatic nitrogens is 3. The summed E-state index contributed by atoms with van der Waals surface area (Å²) in [6.45, 7) is 0. The first-order valence-electron chi connectivity index (χ1n) is 6.99. The summed E-state index contributed by atoms with van der Waals surface area (Å²) >= 11 is 0. The molecule has 0 spiro atoms. The normalized spacial score (nSPS) is 11.0.